The first-order valence-corrected chi connectivity index (χ1v) is 6.14. The Hall–Kier alpha value is -1.56. The molecule has 6 heteroatoms. The molecule has 1 aliphatic heterocycles. The number of amides is 1. The summed E-state index contributed by atoms with van der Waals surface area (Å²) in [6.07, 6.45) is 0.0986. The second-order valence-corrected chi connectivity index (χ2v) is 4.94. The van der Waals surface area contributed by atoms with Crippen LogP contribution in [0, 0.1) is 6.92 Å². The van der Waals surface area contributed by atoms with E-state index >= 15 is 0 Å². The highest BCUT2D eigenvalue weighted by molar-refractivity contribution is 5.98. The fourth-order valence-corrected chi connectivity index (χ4v) is 2.42. The van der Waals surface area contributed by atoms with Crippen molar-refractivity contribution in [3.63, 3.8) is 0 Å². The van der Waals surface area contributed by atoms with Gasteiger partial charge in [0.15, 0.2) is 0 Å². The number of nitrogens with two attached hydrogens (primary N) is 1. The van der Waals surface area contributed by atoms with Crippen LogP contribution in [0.2, 0.25) is 0 Å². The number of nitrogens with zero attached hydrogens (tertiary/aromatic N) is 3. The molecule has 1 saturated heterocycles. The molecular formula is C12H20N4O2. The van der Waals surface area contributed by atoms with Crippen LogP contribution >= 0.6 is 0 Å². The van der Waals surface area contributed by atoms with Gasteiger partial charge in [-0.3, -0.25) is 9.48 Å². The number of hydrogen-bond acceptors (Lipinski definition) is 4. The largest absolute Gasteiger partial charge is 0.395 e. The van der Waals surface area contributed by atoms with Gasteiger partial charge >= 0.3 is 0 Å². The van der Waals surface area contributed by atoms with E-state index in [1.165, 1.54) is 0 Å². The lowest BCUT2D eigenvalue weighted by Gasteiger charge is -2.35. The summed E-state index contributed by atoms with van der Waals surface area (Å²) < 4.78 is 7.17. The molecule has 2 heterocycles. The summed E-state index contributed by atoms with van der Waals surface area (Å²) in [6, 6.07) is 0. The first kappa shape index (κ1) is 12.9. The summed E-state index contributed by atoms with van der Waals surface area (Å²) in [6.45, 7) is 6.91. The van der Waals surface area contributed by atoms with Gasteiger partial charge in [-0.15, -0.1) is 0 Å². The molecule has 1 aromatic heterocycles. The first-order valence-electron chi connectivity index (χ1n) is 6.14. The number of aromatic nitrogens is 2. The van der Waals surface area contributed by atoms with Gasteiger partial charge in [0.1, 0.15) is 5.69 Å². The van der Waals surface area contributed by atoms with Crippen molar-refractivity contribution in [1.29, 1.82) is 0 Å². The molecule has 100 valence electrons. The van der Waals surface area contributed by atoms with E-state index in [0.29, 0.717) is 30.2 Å². The van der Waals surface area contributed by atoms with E-state index < -0.39 is 0 Å². The molecule has 2 rings (SSSR count). The van der Waals surface area contributed by atoms with E-state index in [2.05, 4.69) is 5.10 Å². The summed E-state index contributed by atoms with van der Waals surface area (Å²) in [7, 11) is 1.74. The smallest absolute Gasteiger partial charge is 0.274 e. The maximum atomic E-state index is 12.5. The second-order valence-electron chi connectivity index (χ2n) is 4.94. The summed E-state index contributed by atoms with van der Waals surface area (Å²) in [4.78, 5) is 14.3. The highest BCUT2D eigenvalue weighted by Gasteiger charge is 2.29. The average molecular weight is 252 g/mol. The Morgan fingerprint density at radius 1 is 1.39 bits per heavy atom. The predicted octanol–water partition coefficient (Wildman–Crippen LogP) is 0.560. The maximum Gasteiger partial charge on any atom is 0.274 e. The van der Waals surface area contributed by atoms with Crippen molar-refractivity contribution >= 4 is 11.6 Å². The average Bonchev–Trinajstić information content (AvgIpc) is 2.51. The van der Waals surface area contributed by atoms with Gasteiger partial charge in [-0.1, -0.05) is 0 Å². The monoisotopic (exact) mass is 252 g/mol. The Morgan fingerprint density at radius 3 is 2.39 bits per heavy atom. The van der Waals surface area contributed by atoms with Crippen molar-refractivity contribution in [2.45, 2.75) is 33.0 Å². The van der Waals surface area contributed by atoms with Crippen molar-refractivity contribution in [1.82, 2.24) is 14.7 Å². The van der Waals surface area contributed by atoms with Crippen LogP contribution in [-0.2, 0) is 11.8 Å². The Kier molecular flexibility index (Phi) is 3.30. The van der Waals surface area contributed by atoms with Gasteiger partial charge in [0.2, 0.25) is 0 Å². The lowest BCUT2D eigenvalue weighted by atomic mass is 10.2. The molecule has 0 saturated carbocycles. The maximum absolute atomic E-state index is 12.5. The minimum Gasteiger partial charge on any atom is -0.395 e. The number of hydrogen-bond donors (Lipinski definition) is 1. The zero-order chi connectivity index (χ0) is 13.4. The van der Waals surface area contributed by atoms with Crippen LogP contribution in [0.5, 0.6) is 0 Å². The number of carbonyl (C=O) groups is 1. The van der Waals surface area contributed by atoms with Crippen LogP contribution < -0.4 is 5.73 Å². The van der Waals surface area contributed by atoms with Gasteiger partial charge in [0.25, 0.3) is 5.91 Å². The molecule has 1 amide bonds. The fourth-order valence-electron chi connectivity index (χ4n) is 2.42. The molecule has 0 radical (unpaired) electrons. The molecule has 0 bridgehead atoms. The number of nitrogen functional groups attached to an aromatic ring is 1. The lowest BCUT2D eigenvalue weighted by molar-refractivity contribution is -0.0588. The van der Waals surface area contributed by atoms with Crippen molar-refractivity contribution in [3.8, 4) is 0 Å². The van der Waals surface area contributed by atoms with Crippen LogP contribution in [0.1, 0.15) is 30.0 Å². The fraction of sp³-hybridized carbons (Fsp3) is 0.667. The van der Waals surface area contributed by atoms with Gasteiger partial charge in [0.05, 0.1) is 23.6 Å². The summed E-state index contributed by atoms with van der Waals surface area (Å²) >= 11 is 0. The van der Waals surface area contributed by atoms with Gasteiger partial charge in [-0.2, -0.15) is 5.10 Å². The molecule has 2 atom stereocenters. The first-order chi connectivity index (χ1) is 8.40. The predicted molar refractivity (Wildman–Crippen MR) is 68.3 cm³/mol. The molecule has 0 spiro atoms. The van der Waals surface area contributed by atoms with E-state index in [9.17, 15) is 4.79 Å². The van der Waals surface area contributed by atoms with Gasteiger partial charge in [-0.05, 0) is 20.8 Å². The molecule has 0 aromatic carbocycles. The van der Waals surface area contributed by atoms with E-state index in [0.717, 1.165) is 0 Å². The van der Waals surface area contributed by atoms with Crippen LogP contribution in [0.3, 0.4) is 0 Å². The molecule has 1 aromatic rings. The van der Waals surface area contributed by atoms with E-state index in [-0.39, 0.29) is 18.1 Å². The number of aryl methyl sites for hydroxylation is 2. The standard InChI is InChI=1S/C12H20N4O2/c1-7-5-16(6-8(2)18-7)12(17)11-10(13)9(3)14-15(11)4/h7-8H,5-6,13H2,1-4H3/t7-,8+. The minimum absolute atomic E-state index is 0.0493. The van der Waals surface area contributed by atoms with E-state index in [4.69, 9.17) is 10.5 Å². The topological polar surface area (TPSA) is 73.4 Å². The lowest BCUT2D eigenvalue weighted by Crippen LogP contribution is -2.48. The summed E-state index contributed by atoms with van der Waals surface area (Å²) in [5.41, 5.74) is 7.54. The van der Waals surface area contributed by atoms with Crippen LogP contribution in [-0.4, -0.2) is 45.9 Å². The number of morpholine rings is 1. The Balaban J connectivity index is 2.25. The van der Waals surface area contributed by atoms with Crippen molar-refractivity contribution in [3.05, 3.63) is 11.4 Å². The van der Waals surface area contributed by atoms with Crippen LogP contribution in [0.4, 0.5) is 5.69 Å². The minimum atomic E-state index is -0.0717. The molecular weight excluding hydrogens is 232 g/mol. The number of carbonyl (C=O) groups excluding carboxylic acids is 1. The quantitative estimate of drug-likeness (QED) is 0.792. The Bertz CT molecular complexity index is 459. The zero-order valence-electron chi connectivity index (χ0n) is 11.3. The van der Waals surface area contributed by atoms with Crippen molar-refractivity contribution in [2.24, 2.45) is 7.05 Å². The highest BCUT2D eigenvalue weighted by atomic mass is 16.5. The SMILES string of the molecule is Cc1nn(C)c(C(=O)N2C[C@@H](C)O[C@@H](C)C2)c1N. The third kappa shape index (κ3) is 2.20. The molecule has 2 N–H and O–H groups in total. The molecule has 0 unspecified atom stereocenters. The van der Waals surface area contributed by atoms with Crippen molar-refractivity contribution < 1.29 is 9.53 Å². The van der Waals surface area contributed by atoms with Crippen LogP contribution in [0.15, 0.2) is 0 Å². The van der Waals surface area contributed by atoms with E-state index in [1.807, 2.05) is 13.8 Å². The number of ether oxygens (including phenoxy) is 1. The normalized spacial score (nSPS) is 24.3. The summed E-state index contributed by atoms with van der Waals surface area (Å²) in [5, 5.41) is 4.18. The third-order valence-electron chi connectivity index (χ3n) is 3.18. The molecule has 0 aliphatic carbocycles. The van der Waals surface area contributed by atoms with Gasteiger partial charge < -0.3 is 15.4 Å². The molecule has 1 aliphatic rings. The zero-order valence-corrected chi connectivity index (χ0v) is 11.3. The Labute approximate surface area is 107 Å². The molecule has 1 fully saturated rings. The summed E-state index contributed by atoms with van der Waals surface area (Å²) in [5.74, 6) is -0.0717. The molecule has 6 nitrogen and oxygen atoms in total. The second kappa shape index (κ2) is 4.61. The van der Waals surface area contributed by atoms with Gasteiger partial charge in [0, 0.05) is 20.1 Å². The van der Waals surface area contributed by atoms with Gasteiger partial charge in [-0.25, -0.2) is 0 Å². The molecule has 18 heavy (non-hydrogen) atoms. The number of rotatable bonds is 1. The van der Waals surface area contributed by atoms with Crippen LogP contribution in [0.25, 0.3) is 0 Å². The highest BCUT2D eigenvalue weighted by Crippen LogP contribution is 2.20. The van der Waals surface area contributed by atoms with E-state index in [1.54, 1.807) is 23.6 Å². The Morgan fingerprint density at radius 2 is 1.94 bits per heavy atom. The third-order valence-corrected chi connectivity index (χ3v) is 3.18. The van der Waals surface area contributed by atoms with Crippen molar-refractivity contribution in [2.75, 3.05) is 18.8 Å². The number of anilines is 1.